The van der Waals surface area contributed by atoms with Crippen LogP contribution in [0.2, 0.25) is 5.02 Å². The lowest BCUT2D eigenvalue weighted by atomic mass is 10.0. The number of carbonyl (C=O) groups excluding carboxylic acids is 2. The highest BCUT2D eigenvalue weighted by molar-refractivity contribution is 7.99. The topological polar surface area (TPSA) is 49.4 Å². The molecule has 36 heavy (non-hydrogen) atoms. The van der Waals surface area contributed by atoms with Crippen molar-refractivity contribution in [3.8, 4) is 0 Å². The molecule has 190 valence electrons. The summed E-state index contributed by atoms with van der Waals surface area (Å²) in [7, 11) is 0. The van der Waals surface area contributed by atoms with Crippen LogP contribution in [0, 0.1) is 6.92 Å². The molecule has 0 unspecified atom stereocenters. The summed E-state index contributed by atoms with van der Waals surface area (Å²) in [5.74, 6) is 0.829. The predicted molar refractivity (Wildman–Crippen MR) is 151 cm³/mol. The summed E-state index contributed by atoms with van der Waals surface area (Å²) < 4.78 is 0. The lowest BCUT2D eigenvalue weighted by Gasteiger charge is -2.32. The minimum atomic E-state index is -0.632. The lowest BCUT2D eigenvalue weighted by Crippen LogP contribution is -2.52. The number of amides is 2. The van der Waals surface area contributed by atoms with Gasteiger partial charge >= 0.3 is 0 Å². The van der Waals surface area contributed by atoms with Crippen LogP contribution in [-0.4, -0.2) is 34.6 Å². The molecule has 0 aliphatic rings. The molecule has 0 saturated heterocycles. The number of benzene rings is 3. The van der Waals surface area contributed by atoms with Crippen LogP contribution in [0.15, 0.2) is 78.9 Å². The van der Waals surface area contributed by atoms with Gasteiger partial charge in [-0.25, -0.2) is 0 Å². The molecular weight excluding hydrogens is 488 g/mol. The Morgan fingerprint density at radius 1 is 0.944 bits per heavy atom. The van der Waals surface area contributed by atoms with Crippen molar-refractivity contribution in [2.24, 2.45) is 0 Å². The van der Waals surface area contributed by atoms with E-state index in [9.17, 15) is 9.59 Å². The van der Waals surface area contributed by atoms with Crippen molar-refractivity contribution in [2.75, 3.05) is 5.75 Å². The zero-order valence-corrected chi connectivity index (χ0v) is 22.8. The second-order valence-electron chi connectivity index (χ2n) is 9.15. The minimum Gasteiger partial charge on any atom is -0.352 e. The van der Waals surface area contributed by atoms with E-state index in [2.05, 4.69) is 36.5 Å². The average Bonchev–Trinajstić information content (AvgIpc) is 2.87. The van der Waals surface area contributed by atoms with E-state index in [0.717, 1.165) is 23.3 Å². The summed E-state index contributed by atoms with van der Waals surface area (Å²) in [6.07, 6.45) is 1.26. The number of halogens is 1. The quantitative estimate of drug-likeness (QED) is 0.298. The summed E-state index contributed by atoms with van der Waals surface area (Å²) in [4.78, 5) is 28.9. The molecule has 0 saturated carbocycles. The van der Waals surface area contributed by atoms with Crippen molar-refractivity contribution in [1.29, 1.82) is 0 Å². The average molecular weight is 523 g/mol. The first kappa shape index (κ1) is 27.8. The monoisotopic (exact) mass is 522 g/mol. The number of thioether (sulfide) groups is 1. The highest BCUT2D eigenvalue weighted by atomic mass is 35.5. The normalized spacial score (nSPS) is 12.6. The van der Waals surface area contributed by atoms with Crippen molar-refractivity contribution in [2.45, 2.75) is 58.0 Å². The van der Waals surface area contributed by atoms with E-state index in [1.54, 1.807) is 16.7 Å². The van der Waals surface area contributed by atoms with Gasteiger partial charge in [-0.2, -0.15) is 0 Å². The maximum absolute atomic E-state index is 13.7. The zero-order valence-electron chi connectivity index (χ0n) is 21.2. The van der Waals surface area contributed by atoms with Gasteiger partial charge in [0, 0.05) is 29.8 Å². The Morgan fingerprint density at radius 3 is 2.31 bits per heavy atom. The SMILES string of the molecule is CC[C@H](C)NC(=O)[C@H](Cc1ccccc1)N(Cc1cccc(Cl)c1)C(=O)CSCc1ccc(C)cc1. The van der Waals surface area contributed by atoms with Crippen molar-refractivity contribution >= 4 is 35.2 Å². The van der Waals surface area contributed by atoms with Crippen LogP contribution in [-0.2, 0) is 28.3 Å². The van der Waals surface area contributed by atoms with Gasteiger partial charge in [0.05, 0.1) is 5.75 Å². The number of nitrogens with zero attached hydrogens (tertiary/aromatic N) is 1. The maximum atomic E-state index is 13.7. The molecule has 2 atom stereocenters. The van der Waals surface area contributed by atoms with Crippen LogP contribution >= 0.6 is 23.4 Å². The van der Waals surface area contributed by atoms with Gasteiger partial charge in [-0.3, -0.25) is 9.59 Å². The van der Waals surface area contributed by atoms with Crippen molar-refractivity contribution < 1.29 is 9.59 Å². The second-order valence-corrected chi connectivity index (χ2v) is 10.6. The molecule has 3 rings (SSSR count). The molecule has 3 aromatic carbocycles. The lowest BCUT2D eigenvalue weighted by molar-refractivity contribution is -0.139. The second kappa shape index (κ2) is 14.1. The van der Waals surface area contributed by atoms with Crippen molar-refractivity contribution in [1.82, 2.24) is 10.2 Å². The van der Waals surface area contributed by atoms with Crippen LogP contribution < -0.4 is 5.32 Å². The van der Waals surface area contributed by atoms with Gasteiger partial charge in [-0.1, -0.05) is 90.8 Å². The molecule has 0 heterocycles. The summed E-state index contributed by atoms with van der Waals surface area (Å²) >= 11 is 7.81. The number of nitrogens with one attached hydrogen (secondary N) is 1. The molecule has 0 radical (unpaired) electrons. The molecule has 0 bridgehead atoms. The van der Waals surface area contributed by atoms with Gasteiger partial charge < -0.3 is 10.2 Å². The molecule has 0 fully saturated rings. The van der Waals surface area contributed by atoms with Gasteiger partial charge in [0.15, 0.2) is 0 Å². The summed E-state index contributed by atoms with van der Waals surface area (Å²) in [5.41, 5.74) is 4.30. The zero-order chi connectivity index (χ0) is 25.9. The first-order valence-corrected chi connectivity index (χ1v) is 13.9. The predicted octanol–water partition coefficient (Wildman–Crippen LogP) is 6.44. The Kier molecular flexibility index (Phi) is 10.9. The molecule has 4 nitrogen and oxygen atoms in total. The fourth-order valence-electron chi connectivity index (χ4n) is 3.85. The Labute approximate surface area is 224 Å². The van der Waals surface area contributed by atoms with E-state index in [1.807, 2.05) is 68.4 Å². The van der Waals surface area contributed by atoms with Gasteiger partial charge in [0.25, 0.3) is 0 Å². The smallest absolute Gasteiger partial charge is 0.243 e. The third-order valence-corrected chi connectivity index (χ3v) is 7.35. The molecule has 3 aromatic rings. The number of rotatable bonds is 12. The number of hydrogen-bond acceptors (Lipinski definition) is 3. The molecule has 1 N–H and O–H groups in total. The van der Waals surface area contributed by atoms with Crippen LogP contribution in [0.5, 0.6) is 0 Å². The van der Waals surface area contributed by atoms with E-state index < -0.39 is 6.04 Å². The molecule has 0 aliphatic carbocycles. The number of aryl methyl sites for hydroxylation is 1. The molecule has 6 heteroatoms. The highest BCUT2D eigenvalue weighted by Crippen LogP contribution is 2.20. The third-order valence-electron chi connectivity index (χ3n) is 6.13. The molecule has 0 aromatic heterocycles. The van der Waals surface area contributed by atoms with Crippen LogP contribution in [0.1, 0.15) is 42.5 Å². The third kappa shape index (κ3) is 8.72. The van der Waals surface area contributed by atoms with Crippen LogP contribution in [0.3, 0.4) is 0 Å². The van der Waals surface area contributed by atoms with E-state index in [0.29, 0.717) is 18.0 Å². The summed E-state index contributed by atoms with van der Waals surface area (Å²) in [5, 5.41) is 3.71. The van der Waals surface area contributed by atoms with Gasteiger partial charge in [0.1, 0.15) is 6.04 Å². The summed E-state index contributed by atoms with van der Waals surface area (Å²) in [6, 6.07) is 25.1. The molecule has 2 amide bonds. The highest BCUT2D eigenvalue weighted by Gasteiger charge is 2.30. The Hall–Kier alpha value is -2.76. The molecular formula is C30H35ClN2O2S. The first-order chi connectivity index (χ1) is 17.4. The van der Waals surface area contributed by atoms with Crippen molar-refractivity contribution in [3.63, 3.8) is 0 Å². The summed E-state index contributed by atoms with van der Waals surface area (Å²) in [6.45, 7) is 6.40. The number of hydrogen-bond donors (Lipinski definition) is 1. The van der Waals surface area contributed by atoms with E-state index in [-0.39, 0.29) is 23.6 Å². The Bertz CT molecular complexity index is 1120. The van der Waals surface area contributed by atoms with Crippen molar-refractivity contribution in [3.05, 3.63) is 106 Å². The van der Waals surface area contributed by atoms with Crippen LogP contribution in [0.4, 0.5) is 0 Å². The standard InChI is InChI=1S/C30H35ClN2O2S/c1-4-23(3)32-30(35)28(18-24-9-6-5-7-10-24)33(19-26-11-8-12-27(31)17-26)29(34)21-36-20-25-15-13-22(2)14-16-25/h5-17,23,28H,4,18-21H2,1-3H3,(H,32,35)/t23-,28-/m0/s1. The number of carbonyl (C=O) groups is 2. The minimum absolute atomic E-state index is 0.0230. The Morgan fingerprint density at radius 2 is 1.64 bits per heavy atom. The van der Waals surface area contributed by atoms with Gasteiger partial charge in [-0.15, -0.1) is 11.8 Å². The fraction of sp³-hybridized carbons (Fsp3) is 0.333. The van der Waals surface area contributed by atoms with E-state index >= 15 is 0 Å². The molecule has 0 aliphatic heterocycles. The maximum Gasteiger partial charge on any atom is 0.243 e. The first-order valence-electron chi connectivity index (χ1n) is 12.4. The van der Waals surface area contributed by atoms with Crippen LogP contribution in [0.25, 0.3) is 0 Å². The molecule has 0 spiro atoms. The largest absolute Gasteiger partial charge is 0.352 e. The fourth-order valence-corrected chi connectivity index (χ4v) is 4.93. The van der Waals surface area contributed by atoms with Gasteiger partial charge in [0.2, 0.25) is 11.8 Å². The Balaban J connectivity index is 1.85. The van der Waals surface area contributed by atoms with E-state index in [1.165, 1.54) is 11.1 Å². The van der Waals surface area contributed by atoms with E-state index in [4.69, 9.17) is 11.6 Å². The van der Waals surface area contributed by atoms with Gasteiger partial charge in [-0.05, 0) is 49.1 Å².